The van der Waals surface area contributed by atoms with Gasteiger partial charge in [-0.3, -0.25) is 4.79 Å². The van der Waals surface area contributed by atoms with Crippen molar-refractivity contribution < 1.29 is 18.8 Å². The van der Waals surface area contributed by atoms with Crippen molar-refractivity contribution >= 4 is 34.8 Å². The molecular formula is C17H18Cl2FN2O2+. The Bertz CT molecular complexity index is 720. The Morgan fingerprint density at radius 1 is 1.21 bits per heavy atom. The minimum absolute atomic E-state index is 0.181. The molecule has 0 saturated carbocycles. The fourth-order valence-corrected chi connectivity index (χ4v) is 2.86. The lowest BCUT2D eigenvalue weighted by Gasteiger charge is -2.14. The smallest absolute Gasteiger partial charge is 0.279 e. The van der Waals surface area contributed by atoms with Gasteiger partial charge in [-0.05, 0) is 36.4 Å². The third-order valence-electron chi connectivity index (χ3n) is 3.33. The number of methoxy groups -OCH3 is 1. The zero-order valence-electron chi connectivity index (χ0n) is 13.3. The highest BCUT2D eigenvalue weighted by atomic mass is 35.5. The zero-order valence-corrected chi connectivity index (χ0v) is 14.8. The van der Waals surface area contributed by atoms with E-state index in [4.69, 9.17) is 27.9 Å². The maximum atomic E-state index is 13.7. The number of quaternary nitrogens is 1. The summed E-state index contributed by atoms with van der Waals surface area (Å²) in [6.45, 7) is 0.725. The molecule has 0 bridgehead atoms. The number of anilines is 1. The molecule has 2 rings (SSSR count). The maximum absolute atomic E-state index is 13.7. The number of carbonyl (C=O) groups excluding carboxylic acids is 1. The summed E-state index contributed by atoms with van der Waals surface area (Å²) in [5.74, 6) is -0.396. The monoisotopic (exact) mass is 371 g/mol. The van der Waals surface area contributed by atoms with Gasteiger partial charge in [0, 0.05) is 21.3 Å². The van der Waals surface area contributed by atoms with Gasteiger partial charge in [-0.25, -0.2) is 4.39 Å². The quantitative estimate of drug-likeness (QED) is 0.819. The molecule has 0 saturated heterocycles. The van der Waals surface area contributed by atoms with Crippen molar-refractivity contribution in [2.24, 2.45) is 0 Å². The highest BCUT2D eigenvalue weighted by Crippen LogP contribution is 2.22. The second-order valence-corrected chi connectivity index (χ2v) is 6.36. The fraction of sp³-hybridized carbons (Fsp3) is 0.235. The molecule has 2 N–H and O–H groups in total. The molecule has 1 unspecified atom stereocenters. The third kappa shape index (κ3) is 5.37. The summed E-state index contributed by atoms with van der Waals surface area (Å²) in [4.78, 5) is 13.0. The van der Waals surface area contributed by atoms with Gasteiger partial charge in [-0.1, -0.05) is 23.2 Å². The van der Waals surface area contributed by atoms with E-state index in [1.807, 2.05) is 7.05 Å². The largest absolute Gasteiger partial charge is 0.494 e. The summed E-state index contributed by atoms with van der Waals surface area (Å²) >= 11 is 11.8. The first kappa shape index (κ1) is 18.5. The van der Waals surface area contributed by atoms with Crippen molar-refractivity contribution in [1.82, 2.24) is 0 Å². The Morgan fingerprint density at radius 3 is 2.46 bits per heavy atom. The number of ether oxygens (including phenoxy) is 1. The topological polar surface area (TPSA) is 42.8 Å². The van der Waals surface area contributed by atoms with Crippen LogP contribution in [-0.4, -0.2) is 26.6 Å². The summed E-state index contributed by atoms with van der Waals surface area (Å²) in [7, 11) is 3.27. The summed E-state index contributed by atoms with van der Waals surface area (Å²) in [6, 6.07) is 9.61. The van der Waals surface area contributed by atoms with Crippen LogP contribution < -0.4 is 15.0 Å². The van der Waals surface area contributed by atoms with Crippen molar-refractivity contribution in [1.29, 1.82) is 0 Å². The average Bonchev–Trinajstić information content (AvgIpc) is 2.45. The normalized spacial score (nSPS) is 11.9. The molecule has 24 heavy (non-hydrogen) atoms. The molecule has 0 heterocycles. The number of nitrogens with one attached hydrogen (secondary N) is 2. The molecule has 7 heteroatoms. The van der Waals surface area contributed by atoms with Gasteiger partial charge >= 0.3 is 0 Å². The van der Waals surface area contributed by atoms with Crippen LogP contribution in [0.5, 0.6) is 5.75 Å². The van der Waals surface area contributed by atoms with Gasteiger partial charge in [-0.15, -0.1) is 0 Å². The Kier molecular flexibility index (Phi) is 6.43. The van der Waals surface area contributed by atoms with Gasteiger partial charge in [0.25, 0.3) is 5.91 Å². The first-order chi connectivity index (χ1) is 11.4. The lowest BCUT2D eigenvalue weighted by molar-refractivity contribution is -0.885. The van der Waals surface area contributed by atoms with E-state index in [0.29, 0.717) is 22.3 Å². The number of benzene rings is 2. The van der Waals surface area contributed by atoms with Gasteiger partial charge < -0.3 is 15.0 Å². The Labute approximate surface area is 150 Å². The van der Waals surface area contributed by atoms with E-state index >= 15 is 0 Å². The van der Waals surface area contributed by atoms with E-state index < -0.39 is 5.82 Å². The molecular weight excluding hydrogens is 354 g/mol. The number of amides is 1. The first-order valence-electron chi connectivity index (χ1n) is 7.27. The molecule has 0 spiro atoms. The van der Waals surface area contributed by atoms with Crippen molar-refractivity contribution in [2.75, 3.05) is 26.0 Å². The van der Waals surface area contributed by atoms with Crippen molar-refractivity contribution in [2.45, 2.75) is 6.54 Å². The van der Waals surface area contributed by atoms with E-state index in [1.54, 1.807) is 30.3 Å². The maximum Gasteiger partial charge on any atom is 0.279 e. The fourth-order valence-electron chi connectivity index (χ4n) is 2.34. The number of carbonyl (C=O) groups is 1. The SMILES string of the molecule is COc1ccc(C[NH+](C)CC(=O)Nc2cc(Cl)cc(Cl)c2)cc1F. The van der Waals surface area contributed by atoms with E-state index in [9.17, 15) is 9.18 Å². The number of hydrogen-bond acceptors (Lipinski definition) is 2. The highest BCUT2D eigenvalue weighted by molar-refractivity contribution is 6.35. The van der Waals surface area contributed by atoms with Gasteiger partial charge in [-0.2, -0.15) is 0 Å². The first-order valence-corrected chi connectivity index (χ1v) is 8.02. The molecule has 128 valence electrons. The Morgan fingerprint density at radius 2 is 1.88 bits per heavy atom. The molecule has 0 aliphatic heterocycles. The number of likely N-dealkylation sites (N-methyl/N-ethyl adjacent to an activating group) is 1. The zero-order chi connectivity index (χ0) is 17.7. The van der Waals surface area contributed by atoms with Gasteiger partial charge in [0.05, 0.1) is 14.2 Å². The second kappa shape index (κ2) is 8.33. The molecule has 0 radical (unpaired) electrons. The van der Waals surface area contributed by atoms with Crippen LogP contribution in [-0.2, 0) is 11.3 Å². The van der Waals surface area contributed by atoms with E-state index in [2.05, 4.69) is 5.32 Å². The second-order valence-electron chi connectivity index (χ2n) is 5.49. The minimum Gasteiger partial charge on any atom is -0.494 e. The highest BCUT2D eigenvalue weighted by Gasteiger charge is 2.13. The Hall–Kier alpha value is -1.82. The van der Waals surface area contributed by atoms with Crippen LogP contribution in [0.25, 0.3) is 0 Å². The van der Waals surface area contributed by atoms with Crippen LogP contribution in [0.2, 0.25) is 10.0 Å². The lowest BCUT2D eigenvalue weighted by atomic mass is 10.2. The molecule has 0 aliphatic carbocycles. The minimum atomic E-state index is -0.416. The van der Waals surface area contributed by atoms with Crippen LogP contribution in [0.15, 0.2) is 36.4 Å². The summed E-state index contributed by atoms with van der Waals surface area (Å²) in [5, 5.41) is 3.65. The van der Waals surface area contributed by atoms with Crippen LogP contribution in [0, 0.1) is 5.82 Å². The standard InChI is InChI=1S/C17H17Cl2FN2O2/c1-22(9-11-3-4-16(24-2)15(20)5-11)10-17(23)21-14-7-12(18)6-13(19)8-14/h3-8H,9-10H2,1-2H3,(H,21,23)/p+1. The molecule has 0 aliphatic rings. The summed E-state index contributed by atoms with van der Waals surface area (Å²) in [6.07, 6.45) is 0. The lowest BCUT2D eigenvalue weighted by Crippen LogP contribution is -3.08. The van der Waals surface area contributed by atoms with Gasteiger partial charge in [0.15, 0.2) is 18.1 Å². The molecule has 2 aromatic carbocycles. The molecule has 1 atom stereocenters. The molecule has 2 aromatic rings. The third-order valence-corrected chi connectivity index (χ3v) is 3.77. The van der Waals surface area contributed by atoms with E-state index in [0.717, 1.165) is 10.5 Å². The number of halogens is 3. The molecule has 0 aromatic heterocycles. The summed E-state index contributed by atoms with van der Waals surface area (Å²) in [5.41, 5.74) is 1.32. The van der Waals surface area contributed by atoms with E-state index in [1.165, 1.54) is 13.2 Å². The van der Waals surface area contributed by atoms with Crippen LogP contribution in [0.1, 0.15) is 5.56 Å². The van der Waals surface area contributed by atoms with Crippen molar-refractivity contribution in [3.05, 3.63) is 57.8 Å². The molecule has 1 amide bonds. The van der Waals surface area contributed by atoms with E-state index in [-0.39, 0.29) is 18.2 Å². The molecule has 4 nitrogen and oxygen atoms in total. The average molecular weight is 372 g/mol. The predicted octanol–water partition coefficient (Wildman–Crippen LogP) is 2.79. The number of rotatable bonds is 6. The van der Waals surface area contributed by atoms with Gasteiger partial charge in [0.2, 0.25) is 0 Å². The van der Waals surface area contributed by atoms with Crippen LogP contribution >= 0.6 is 23.2 Å². The summed E-state index contributed by atoms with van der Waals surface area (Å²) < 4.78 is 18.6. The Balaban J connectivity index is 1.92. The van der Waals surface area contributed by atoms with Crippen molar-refractivity contribution in [3.63, 3.8) is 0 Å². The number of hydrogen-bond donors (Lipinski definition) is 2. The van der Waals surface area contributed by atoms with Crippen LogP contribution in [0.4, 0.5) is 10.1 Å². The van der Waals surface area contributed by atoms with Crippen molar-refractivity contribution in [3.8, 4) is 5.75 Å². The van der Waals surface area contributed by atoms with Gasteiger partial charge in [0.1, 0.15) is 6.54 Å². The molecule has 0 fully saturated rings. The predicted molar refractivity (Wildman–Crippen MR) is 93.5 cm³/mol. The van der Waals surface area contributed by atoms with Crippen LogP contribution in [0.3, 0.4) is 0 Å².